The average Bonchev–Trinajstić information content (AvgIpc) is 2.98. The second-order valence-electron chi connectivity index (χ2n) is 6.15. The zero-order valence-corrected chi connectivity index (χ0v) is 14.3. The number of fused-ring (bicyclic) bond motifs is 2. The molecule has 6 nitrogen and oxygen atoms in total. The Morgan fingerprint density at radius 2 is 1.88 bits per heavy atom. The van der Waals surface area contributed by atoms with Gasteiger partial charge in [0.2, 0.25) is 5.88 Å². The molecule has 2 heterocycles. The third kappa shape index (κ3) is 2.61. The molecule has 2 N–H and O–H groups in total. The lowest BCUT2D eigenvalue weighted by molar-refractivity contribution is 0.0990. The first-order valence-corrected chi connectivity index (χ1v) is 8.17. The molecule has 0 radical (unpaired) electrons. The van der Waals surface area contributed by atoms with E-state index in [4.69, 9.17) is 0 Å². The molecule has 6 heteroatoms. The van der Waals surface area contributed by atoms with E-state index in [1.807, 2.05) is 56.3 Å². The van der Waals surface area contributed by atoms with Crippen molar-refractivity contribution in [3.8, 4) is 5.88 Å². The van der Waals surface area contributed by atoms with E-state index in [-0.39, 0.29) is 17.3 Å². The minimum Gasteiger partial charge on any atom is -0.493 e. The Balaban J connectivity index is 1.71. The molecule has 4 aromatic rings. The van der Waals surface area contributed by atoms with Crippen molar-refractivity contribution in [1.29, 1.82) is 0 Å². The van der Waals surface area contributed by atoms with Gasteiger partial charge in [0, 0.05) is 10.8 Å². The SMILES string of the molecule is Cc1ccc2c(N=NC(=O)c3ccc4ccccc4n3)c(O)[nH]c2c1C. The number of carbonyl (C=O) groups excluding carboxylic acids is 1. The number of pyridine rings is 1. The number of H-pyrrole nitrogens is 1. The number of aromatic hydroxyl groups is 1. The number of carbonyl (C=O) groups is 1. The van der Waals surface area contributed by atoms with E-state index < -0.39 is 5.91 Å². The monoisotopic (exact) mass is 344 g/mol. The molecule has 128 valence electrons. The van der Waals surface area contributed by atoms with Gasteiger partial charge in [-0.15, -0.1) is 10.2 Å². The third-order valence-corrected chi connectivity index (χ3v) is 4.52. The van der Waals surface area contributed by atoms with Gasteiger partial charge in [0.1, 0.15) is 5.69 Å². The molecule has 0 aliphatic rings. The topological polar surface area (TPSA) is 90.7 Å². The number of hydrogen-bond donors (Lipinski definition) is 2. The van der Waals surface area contributed by atoms with Crippen LogP contribution in [0.5, 0.6) is 5.88 Å². The maximum atomic E-state index is 12.3. The summed E-state index contributed by atoms with van der Waals surface area (Å²) in [5, 5.41) is 19.5. The van der Waals surface area contributed by atoms with Gasteiger partial charge in [-0.3, -0.25) is 4.79 Å². The van der Waals surface area contributed by atoms with Gasteiger partial charge in [-0.05, 0) is 37.1 Å². The van der Waals surface area contributed by atoms with Crippen LogP contribution in [0.2, 0.25) is 0 Å². The zero-order valence-electron chi connectivity index (χ0n) is 14.3. The van der Waals surface area contributed by atoms with Crippen LogP contribution in [-0.4, -0.2) is 21.0 Å². The van der Waals surface area contributed by atoms with Crippen LogP contribution in [-0.2, 0) is 0 Å². The molecule has 1 amide bonds. The highest BCUT2D eigenvalue weighted by molar-refractivity contribution is 5.98. The Labute approximate surface area is 149 Å². The molecule has 0 aliphatic heterocycles. The molecular formula is C20H16N4O2. The normalized spacial score (nSPS) is 11.6. The van der Waals surface area contributed by atoms with Crippen LogP contribution in [0.1, 0.15) is 21.6 Å². The van der Waals surface area contributed by atoms with Crippen LogP contribution in [0, 0.1) is 13.8 Å². The van der Waals surface area contributed by atoms with Crippen molar-refractivity contribution >= 4 is 33.4 Å². The van der Waals surface area contributed by atoms with E-state index >= 15 is 0 Å². The van der Waals surface area contributed by atoms with Crippen molar-refractivity contribution in [2.24, 2.45) is 10.2 Å². The second-order valence-corrected chi connectivity index (χ2v) is 6.15. The largest absolute Gasteiger partial charge is 0.493 e. The molecule has 2 aromatic carbocycles. The van der Waals surface area contributed by atoms with Crippen molar-refractivity contribution in [2.75, 3.05) is 0 Å². The summed E-state index contributed by atoms with van der Waals surface area (Å²) in [5.74, 6) is -0.676. The van der Waals surface area contributed by atoms with Gasteiger partial charge in [0.15, 0.2) is 5.69 Å². The standard InChI is InChI=1S/C20H16N4O2/c1-11-7-9-14-17(12(11)2)22-20(26)18(14)23-24-19(25)16-10-8-13-5-3-4-6-15(13)21-16/h3-10,22,26H,1-2H3. The number of rotatable bonds is 2. The smallest absolute Gasteiger partial charge is 0.313 e. The molecule has 26 heavy (non-hydrogen) atoms. The number of amides is 1. The highest BCUT2D eigenvalue weighted by Crippen LogP contribution is 2.37. The third-order valence-electron chi connectivity index (χ3n) is 4.52. The van der Waals surface area contributed by atoms with E-state index in [9.17, 15) is 9.90 Å². The lowest BCUT2D eigenvalue weighted by Gasteiger charge is -2.00. The number of aromatic amines is 1. The maximum Gasteiger partial charge on any atom is 0.313 e. The molecule has 0 bridgehead atoms. The molecule has 0 unspecified atom stereocenters. The Kier molecular flexibility index (Phi) is 3.73. The summed E-state index contributed by atoms with van der Waals surface area (Å²) in [5.41, 5.74) is 4.07. The number of aryl methyl sites for hydroxylation is 2. The quantitative estimate of drug-likeness (QED) is 0.503. The molecule has 0 fully saturated rings. The van der Waals surface area contributed by atoms with Gasteiger partial charge in [-0.25, -0.2) is 4.98 Å². The fourth-order valence-electron chi connectivity index (χ4n) is 2.91. The molecule has 0 spiro atoms. The van der Waals surface area contributed by atoms with Crippen molar-refractivity contribution in [3.05, 3.63) is 65.4 Å². The summed E-state index contributed by atoms with van der Waals surface area (Å²) < 4.78 is 0. The molecule has 0 atom stereocenters. The van der Waals surface area contributed by atoms with Crippen LogP contribution >= 0.6 is 0 Å². The predicted molar refractivity (Wildman–Crippen MR) is 100 cm³/mol. The fourth-order valence-corrected chi connectivity index (χ4v) is 2.91. The maximum absolute atomic E-state index is 12.3. The summed E-state index contributed by atoms with van der Waals surface area (Å²) in [6, 6.07) is 14.8. The Hall–Kier alpha value is -3.54. The van der Waals surface area contributed by atoms with Gasteiger partial charge in [0.25, 0.3) is 0 Å². The van der Waals surface area contributed by atoms with E-state index in [2.05, 4.69) is 20.2 Å². The second kappa shape index (κ2) is 6.07. The van der Waals surface area contributed by atoms with E-state index in [0.29, 0.717) is 5.39 Å². The molecule has 4 rings (SSSR count). The number of aromatic nitrogens is 2. The van der Waals surface area contributed by atoms with Gasteiger partial charge in [0.05, 0.1) is 11.0 Å². The number of hydrogen-bond acceptors (Lipinski definition) is 4. The summed E-state index contributed by atoms with van der Waals surface area (Å²) in [6.45, 7) is 3.95. The number of azo groups is 1. The number of nitrogens with zero attached hydrogens (tertiary/aromatic N) is 3. The lowest BCUT2D eigenvalue weighted by atomic mass is 10.1. The van der Waals surface area contributed by atoms with Gasteiger partial charge in [-0.2, -0.15) is 0 Å². The van der Waals surface area contributed by atoms with Crippen LogP contribution in [0.25, 0.3) is 21.8 Å². The van der Waals surface area contributed by atoms with E-state index in [1.54, 1.807) is 6.07 Å². The first-order valence-electron chi connectivity index (χ1n) is 8.17. The zero-order chi connectivity index (χ0) is 18.3. The average molecular weight is 344 g/mol. The lowest BCUT2D eigenvalue weighted by Crippen LogP contribution is -1.97. The molecule has 0 saturated heterocycles. The number of nitrogens with one attached hydrogen (secondary N) is 1. The van der Waals surface area contributed by atoms with E-state index in [1.165, 1.54) is 0 Å². The van der Waals surface area contributed by atoms with Gasteiger partial charge in [-0.1, -0.05) is 36.4 Å². The first-order chi connectivity index (χ1) is 12.5. The van der Waals surface area contributed by atoms with Gasteiger partial charge < -0.3 is 10.1 Å². The highest BCUT2D eigenvalue weighted by Gasteiger charge is 2.14. The van der Waals surface area contributed by atoms with Crippen LogP contribution in [0.15, 0.2) is 58.8 Å². The van der Waals surface area contributed by atoms with Crippen molar-refractivity contribution in [2.45, 2.75) is 13.8 Å². The predicted octanol–water partition coefficient (Wildman–Crippen LogP) is 4.96. The fraction of sp³-hybridized carbons (Fsp3) is 0.100. The minimum absolute atomic E-state index is 0.114. The number of benzene rings is 2. The van der Waals surface area contributed by atoms with E-state index in [0.717, 1.165) is 27.5 Å². The summed E-state index contributed by atoms with van der Waals surface area (Å²) in [7, 11) is 0. The van der Waals surface area contributed by atoms with Gasteiger partial charge >= 0.3 is 5.91 Å². The van der Waals surface area contributed by atoms with Crippen LogP contribution in [0.4, 0.5) is 5.69 Å². The Bertz CT molecular complexity index is 1190. The highest BCUT2D eigenvalue weighted by atomic mass is 16.3. The Morgan fingerprint density at radius 1 is 1.08 bits per heavy atom. The van der Waals surface area contributed by atoms with Crippen molar-refractivity contribution in [3.63, 3.8) is 0 Å². The first kappa shape index (κ1) is 16.0. The molecule has 2 aromatic heterocycles. The molecular weight excluding hydrogens is 328 g/mol. The summed E-state index contributed by atoms with van der Waals surface area (Å²) in [4.78, 5) is 19.5. The van der Waals surface area contributed by atoms with Crippen molar-refractivity contribution < 1.29 is 9.90 Å². The molecule has 0 aliphatic carbocycles. The summed E-state index contributed by atoms with van der Waals surface area (Å²) >= 11 is 0. The molecule has 0 saturated carbocycles. The Morgan fingerprint density at radius 3 is 2.73 bits per heavy atom. The summed E-state index contributed by atoms with van der Waals surface area (Å²) in [6.07, 6.45) is 0. The number of para-hydroxylation sites is 1. The van der Waals surface area contributed by atoms with Crippen LogP contribution < -0.4 is 0 Å². The van der Waals surface area contributed by atoms with Crippen LogP contribution in [0.3, 0.4) is 0 Å². The minimum atomic E-state index is -0.562. The van der Waals surface area contributed by atoms with Crippen molar-refractivity contribution in [1.82, 2.24) is 9.97 Å².